The molecule has 0 aromatic carbocycles. The van der Waals surface area contributed by atoms with Crippen LogP contribution in [0.3, 0.4) is 0 Å². The van der Waals surface area contributed by atoms with Crippen molar-refractivity contribution in [3.63, 3.8) is 0 Å². The van der Waals surface area contributed by atoms with Crippen molar-refractivity contribution in [2.75, 3.05) is 6.61 Å². The first-order valence-corrected chi connectivity index (χ1v) is 5.68. The average molecular weight is 216 g/mol. The topological polar surface area (TPSA) is 55.8 Å². The Balaban J connectivity index is 2.45. The molecule has 1 heterocycles. The smallest absolute Gasteiger partial charge is 0.335 e. The molecule has 1 aliphatic rings. The minimum atomic E-state index is -0.930. The number of ether oxygens (including phenoxy) is 2. The molecule has 88 valence electrons. The third-order valence-corrected chi connectivity index (χ3v) is 2.83. The first-order chi connectivity index (χ1) is 7.13. The Labute approximate surface area is 90.6 Å². The van der Waals surface area contributed by atoms with Gasteiger partial charge in [0.05, 0.1) is 6.61 Å². The highest BCUT2D eigenvalue weighted by Crippen LogP contribution is 2.32. The van der Waals surface area contributed by atoms with Crippen molar-refractivity contribution >= 4 is 5.97 Å². The van der Waals surface area contributed by atoms with Crippen molar-refractivity contribution in [3.05, 3.63) is 0 Å². The number of hydrogen-bond acceptors (Lipinski definition) is 3. The highest BCUT2D eigenvalue weighted by molar-refractivity contribution is 5.72. The van der Waals surface area contributed by atoms with E-state index < -0.39 is 17.9 Å². The molecule has 0 aliphatic carbocycles. The average Bonchev–Trinajstić information content (AvgIpc) is 2.64. The highest BCUT2D eigenvalue weighted by Gasteiger charge is 2.42. The second kappa shape index (κ2) is 5.47. The summed E-state index contributed by atoms with van der Waals surface area (Å²) in [5.74, 6) is -1.57. The van der Waals surface area contributed by atoms with Gasteiger partial charge in [-0.1, -0.05) is 26.7 Å². The summed E-state index contributed by atoms with van der Waals surface area (Å²) in [6.45, 7) is 4.28. The minimum absolute atomic E-state index is 0.176. The van der Waals surface area contributed by atoms with E-state index in [1.54, 1.807) is 0 Å². The van der Waals surface area contributed by atoms with Gasteiger partial charge in [-0.2, -0.15) is 0 Å². The van der Waals surface area contributed by atoms with E-state index in [1.807, 2.05) is 6.92 Å². The van der Waals surface area contributed by atoms with E-state index in [4.69, 9.17) is 14.6 Å². The summed E-state index contributed by atoms with van der Waals surface area (Å²) in [6.07, 6.45) is 4.01. The van der Waals surface area contributed by atoms with Crippen molar-refractivity contribution in [1.29, 1.82) is 0 Å². The number of unbranched alkanes of at least 4 members (excludes halogenated alkanes) is 2. The molecule has 1 fully saturated rings. The summed E-state index contributed by atoms with van der Waals surface area (Å²) < 4.78 is 11.0. The molecular weight excluding hydrogens is 196 g/mol. The molecule has 2 unspecified atom stereocenters. The van der Waals surface area contributed by atoms with Crippen LogP contribution in [0.1, 0.15) is 46.0 Å². The molecule has 0 saturated carbocycles. The van der Waals surface area contributed by atoms with Gasteiger partial charge < -0.3 is 14.6 Å². The molecule has 0 amide bonds. The van der Waals surface area contributed by atoms with Gasteiger partial charge in [-0.3, -0.25) is 0 Å². The summed E-state index contributed by atoms with van der Waals surface area (Å²) in [7, 11) is 0. The second-order valence-electron chi connectivity index (χ2n) is 3.98. The zero-order chi connectivity index (χ0) is 11.3. The lowest BCUT2D eigenvalue weighted by atomic mass is 10.1. The second-order valence-corrected chi connectivity index (χ2v) is 3.98. The van der Waals surface area contributed by atoms with Crippen molar-refractivity contribution in [2.45, 2.75) is 57.8 Å². The zero-order valence-corrected chi connectivity index (χ0v) is 9.49. The molecule has 0 aromatic heterocycles. The standard InChI is InChI=1S/C11H20O4/c1-3-5-6-7-11(4-2)14-8-9(15-11)10(12)13/h9H,3-8H2,1-2H3,(H,12,13). The van der Waals surface area contributed by atoms with Crippen LogP contribution >= 0.6 is 0 Å². The molecule has 2 atom stereocenters. The van der Waals surface area contributed by atoms with Crippen LogP contribution in [0.4, 0.5) is 0 Å². The van der Waals surface area contributed by atoms with Gasteiger partial charge in [0.25, 0.3) is 0 Å². The van der Waals surface area contributed by atoms with Gasteiger partial charge in [0.2, 0.25) is 0 Å². The molecule has 4 nitrogen and oxygen atoms in total. The van der Waals surface area contributed by atoms with Crippen LogP contribution in [0.15, 0.2) is 0 Å². The fourth-order valence-corrected chi connectivity index (χ4v) is 1.81. The maximum atomic E-state index is 10.7. The number of rotatable bonds is 6. The largest absolute Gasteiger partial charge is 0.479 e. The Morgan fingerprint density at radius 3 is 2.67 bits per heavy atom. The predicted molar refractivity (Wildman–Crippen MR) is 55.6 cm³/mol. The summed E-state index contributed by atoms with van der Waals surface area (Å²) >= 11 is 0. The van der Waals surface area contributed by atoms with Gasteiger partial charge in [0, 0.05) is 6.42 Å². The molecule has 4 heteroatoms. The fraction of sp³-hybridized carbons (Fsp3) is 0.909. The van der Waals surface area contributed by atoms with Crippen molar-refractivity contribution in [3.8, 4) is 0 Å². The number of carboxylic acids is 1. The fourth-order valence-electron chi connectivity index (χ4n) is 1.81. The molecule has 0 radical (unpaired) electrons. The first kappa shape index (κ1) is 12.5. The molecule has 1 rings (SSSR count). The lowest BCUT2D eigenvalue weighted by Crippen LogP contribution is -2.32. The van der Waals surface area contributed by atoms with Crippen LogP contribution < -0.4 is 0 Å². The van der Waals surface area contributed by atoms with Crippen LogP contribution in [0.5, 0.6) is 0 Å². The van der Waals surface area contributed by atoms with Gasteiger partial charge in [0.15, 0.2) is 11.9 Å². The van der Waals surface area contributed by atoms with Crippen LogP contribution in [0.25, 0.3) is 0 Å². The Morgan fingerprint density at radius 1 is 1.47 bits per heavy atom. The summed E-state index contributed by atoms with van der Waals surface area (Å²) in [6, 6.07) is 0. The molecule has 0 bridgehead atoms. The number of hydrogen-bond donors (Lipinski definition) is 1. The number of aliphatic carboxylic acids is 1. The molecule has 1 N–H and O–H groups in total. The van der Waals surface area contributed by atoms with E-state index >= 15 is 0 Å². The monoisotopic (exact) mass is 216 g/mol. The molecular formula is C11H20O4. The lowest BCUT2D eigenvalue weighted by molar-refractivity contribution is -0.185. The Bertz CT molecular complexity index is 217. The van der Waals surface area contributed by atoms with Crippen molar-refractivity contribution in [1.82, 2.24) is 0 Å². The maximum Gasteiger partial charge on any atom is 0.335 e. The Kier molecular flexibility index (Phi) is 4.54. The van der Waals surface area contributed by atoms with Gasteiger partial charge in [-0.25, -0.2) is 4.79 Å². The van der Waals surface area contributed by atoms with Crippen LogP contribution in [-0.4, -0.2) is 29.6 Å². The van der Waals surface area contributed by atoms with E-state index in [1.165, 1.54) is 0 Å². The molecule has 1 aliphatic heterocycles. The van der Waals surface area contributed by atoms with E-state index in [0.29, 0.717) is 6.42 Å². The quantitative estimate of drug-likeness (QED) is 0.691. The van der Waals surface area contributed by atoms with E-state index in [-0.39, 0.29) is 6.61 Å². The Morgan fingerprint density at radius 2 is 2.20 bits per heavy atom. The van der Waals surface area contributed by atoms with Crippen LogP contribution in [0, 0.1) is 0 Å². The van der Waals surface area contributed by atoms with Gasteiger partial charge >= 0.3 is 5.97 Å². The Hall–Kier alpha value is -0.610. The van der Waals surface area contributed by atoms with E-state index in [0.717, 1.165) is 25.7 Å². The molecule has 1 saturated heterocycles. The van der Waals surface area contributed by atoms with E-state index in [2.05, 4.69) is 6.92 Å². The van der Waals surface area contributed by atoms with Gasteiger partial charge in [-0.15, -0.1) is 0 Å². The lowest BCUT2D eigenvalue weighted by Gasteiger charge is -2.26. The third kappa shape index (κ3) is 3.18. The van der Waals surface area contributed by atoms with Crippen LogP contribution in [0.2, 0.25) is 0 Å². The molecule has 0 spiro atoms. The third-order valence-electron chi connectivity index (χ3n) is 2.83. The summed E-state index contributed by atoms with van der Waals surface area (Å²) in [4.78, 5) is 10.7. The van der Waals surface area contributed by atoms with Crippen molar-refractivity contribution < 1.29 is 19.4 Å². The summed E-state index contributed by atoms with van der Waals surface area (Å²) in [5, 5.41) is 8.81. The normalized spacial score (nSPS) is 30.7. The van der Waals surface area contributed by atoms with Crippen LogP contribution in [-0.2, 0) is 14.3 Å². The maximum absolute atomic E-state index is 10.7. The minimum Gasteiger partial charge on any atom is -0.479 e. The molecule has 15 heavy (non-hydrogen) atoms. The molecule has 0 aromatic rings. The van der Waals surface area contributed by atoms with Gasteiger partial charge in [-0.05, 0) is 12.8 Å². The van der Waals surface area contributed by atoms with Crippen molar-refractivity contribution in [2.24, 2.45) is 0 Å². The first-order valence-electron chi connectivity index (χ1n) is 5.68. The summed E-state index contributed by atoms with van der Waals surface area (Å²) in [5.41, 5.74) is 0. The number of carboxylic acid groups (broad SMARTS) is 1. The zero-order valence-electron chi connectivity index (χ0n) is 9.49. The predicted octanol–water partition coefficient (Wildman–Crippen LogP) is 2.17. The highest BCUT2D eigenvalue weighted by atomic mass is 16.7. The van der Waals surface area contributed by atoms with Gasteiger partial charge in [0.1, 0.15) is 0 Å². The SMILES string of the molecule is CCCCCC1(CC)OCC(C(=O)O)O1. The van der Waals surface area contributed by atoms with E-state index in [9.17, 15) is 4.79 Å². The number of carbonyl (C=O) groups is 1.